The summed E-state index contributed by atoms with van der Waals surface area (Å²) in [6, 6.07) is 1.33. The number of carbonyl (C=O) groups excluding carboxylic acids is 1. The Kier molecular flexibility index (Phi) is 4.11. The molecule has 1 saturated heterocycles. The first-order valence-corrected chi connectivity index (χ1v) is 7.75. The van der Waals surface area contributed by atoms with Gasteiger partial charge in [-0.1, -0.05) is 0 Å². The van der Waals surface area contributed by atoms with Gasteiger partial charge < -0.3 is 4.90 Å². The lowest BCUT2D eigenvalue weighted by atomic mass is 10.1. The number of anilines is 1. The molecular weight excluding hydrogens is 324 g/mol. The van der Waals surface area contributed by atoms with Crippen molar-refractivity contribution < 1.29 is 26.9 Å². The number of sulfonamides is 1. The van der Waals surface area contributed by atoms with Gasteiger partial charge in [-0.15, -0.1) is 0 Å². The summed E-state index contributed by atoms with van der Waals surface area (Å²) in [5, 5.41) is 15.6. The highest BCUT2D eigenvalue weighted by Crippen LogP contribution is 2.34. The monoisotopic (exact) mass is 335 g/mol. The fourth-order valence-corrected chi connectivity index (χ4v) is 3.24. The third-order valence-electron chi connectivity index (χ3n) is 3.19. The first-order chi connectivity index (χ1) is 10.1. The second-order valence-electron chi connectivity index (χ2n) is 4.89. The van der Waals surface area contributed by atoms with Crippen LogP contribution in [0.4, 0.5) is 20.2 Å². The van der Waals surface area contributed by atoms with Crippen LogP contribution in [0.3, 0.4) is 0 Å². The Morgan fingerprint density at radius 2 is 2.05 bits per heavy atom. The zero-order valence-electron chi connectivity index (χ0n) is 11.0. The summed E-state index contributed by atoms with van der Waals surface area (Å²) in [6.07, 6.45) is -0.266. The Morgan fingerprint density at radius 3 is 2.59 bits per heavy atom. The Labute approximate surface area is 123 Å². The van der Waals surface area contributed by atoms with E-state index in [0.29, 0.717) is 17.0 Å². The number of nitro groups is 1. The van der Waals surface area contributed by atoms with E-state index < -0.39 is 55.5 Å². The molecule has 1 atom stereocenters. The van der Waals surface area contributed by atoms with Gasteiger partial charge in [-0.3, -0.25) is 14.9 Å². The Balaban J connectivity index is 2.38. The van der Waals surface area contributed by atoms with Gasteiger partial charge in [0.2, 0.25) is 21.7 Å². The van der Waals surface area contributed by atoms with Crippen LogP contribution < -0.4 is 10.0 Å². The number of hydrogen-bond donors (Lipinski definition) is 1. The maximum absolute atomic E-state index is 14.1. The number of nitrogens with zero attached hydrogens (tertiary/aromatic N) is 2. The van der Waals surface area contributed by atoms with E-state index in [1.165, 1.54) is 0 Å². The maximum Gasteiger partial charge on any atom is 0.307 e. The van der Waals surface area contributed by atoms with Crippen LogP contribution in [0.15, 0.2) is 12.1 Å². The molecule has 8 nitrogen and oxygen atoms in total. The van der Waals surface area contributed by atoms with Crippen LogP contribution in [0.25, 0.3) is 0 Å². The van der Waals surface area contributed by atoms with Crippen molar-refractivity contribution in [1.29, 1.82) is 0 Å². The van der Waals surface area contributed by atoms with Crippen molar-refractivity contribution in [3.63, 3.8) is 0 Å². The van der Waals surface area contributed by atoms with Crippen molar-refractivity contribution in [2.45, 2.75) is 6.42 Å². The average Bonchev–Trinajstić information content (AvgIpc) is 2.67. The first kappa shape index (κ1) is 16.2. The summed E-state index contributed by atoms with van der Waals surface area (Å²) in [5.41, 5.74) is -1.82. The number of nitrogens with two attached hydrogens (primary N) is 1. The van der Waals surface area contributed by atoms with Gasteiger partial charge in [0.05, 0.1) is 10.7 Å². The van der Waals surface area contributed by atoms with Gasteiger partial charge in [0.25, 0.3) is 0 Å². The molecule has 2 N–H and O–H groups in total. The summed E-state index contributed by atoms with van der Waals surface area (Å²) in [5.74, 6) is -4.61. The number of primary sulfonamides is 1. The molecule has 2 rings (SSSR count). The molecule has 0 radical (unpaired) electrons. The van der Waals surface area contributed by atoms with Crippen molar-refractivity contribution >= 4 is 27.3 Å². The van der Waals surface area contributed by atoms with Gasteiger partial charge in [-0.25, -0.2) is 17.9 Å². The van der Waals surface area contributed by atoms with E-state index in [9.17, 15) is 32.1 Å². The minimum Gasteiger partial charge on any atom is -0.307 e. The van der Waals surface area contributed by atoms with E-state index in [1.54, 1.807) is 0 Å². The molecule has 1 aliphatic rings. The molecule has 0 saturated carbocycles. The molecule has 1 unspecified atom stereocenters. The number of benzene rings is 1. The molecule has 1 aromatic rings. The van der Waals surface area contributed by atoms with Crippen LogP contribution >= 0.6 is 0 Å². The second-order valence-corrected chi connectivity index (χ2v) is 6.55. The highest BCUT2D eigenvalue weighted by Gasteiger charge is 2.37. The van der Waals surface area contributed by atoms with Crippen molar-refractivity contribution in [3.05, 3.63) is 33.9 Å². The fourth-order valence-electron chi connectivity index (χ4n) is 2.36. The van der Waals surface area contributed by atoms with E-state index in [-0.39, 0.29) is 13.0 Å². The summed E-state index contributed by atoms with van der Waals surface area (Å²) < 4.78 is 49.9. The Bertz CT molecular complexity index is 752. The molecule has 1 aromatic carbocycles. The zero-order chi connectivity index (χ0) is 16.7. The van der Waals surface area contributed by atoms with Gasteiger partial charge in [0.15, 0.2) is 0 Å². The van der Waals surface area contributed by atoms with Crippen molar-refractivity contribution in [2.24, 2.45) is 11.1 Å². The molecule has 1 heterocycles. The van der Waals surface area contributed by atoms with E-state index in [1.807, 2.05) is 0 Å². The largest absolute Gasteiger partial charge is 0.307 e. The molecule has 0 aliphatic carbocycles. The van der Waals surface area contributed by atoms with Crippen LogP contribution in [0, 0.1) is 27.7 Å². The van der Waals surface area contributed by atoms with Crippen LogP contribution in [-0.4, -0.2) is 31.5 Å². The molecule has 0 bridgehead atoms. The number of rotatable bonds is 4. The summed E-state index contributed by atoms with van der Waals surface area (Å²) in [4.78, 5) is 22.2. The number of halogens is 2. The maximum atomic E-state index is 14.1. The number of hydrogen-bond acceptors (Lipinski definition) is 5. The van der Waals surface area contributed by atoms with Crippen molar-refractivity contribution in [3.8, 4) is 0 Å². The molecule has 120 valence electrons. The predicted octanol–water partition coefficient (Wildman–Crippen LogP) is 0.514. The van der Waals surface area contributed by atoms with Crippen LogP contribution in [0.5, 0.6) is 0 Å². The lowest BCUT2D eigenvalue weighted by Gasteiger charge is -2.18. The lowest BCUT2D eigenvalue weighted by Crippen LogP contribution is -2.29. The van der Waals surface area contributed by atoms with Crippen molar-refractivity contribution in [2.75, 3.05) is 17.2 Å². The minimum atomic E-state index is -3.85. The van der Waals surface area contributed by atoms with Crippen LogP contribution in [0.2, 0.25) is 0 Å². The van der Waals surface area contributed by atoms with Gasteiger partial charge in [-0.05, 0) is 6.07 Å². The molecule has 1 fully saturated rings. The van der Waals surface area contributed by atoms with E-state index in [4.69, 9.17) is 5.14 Å². The summed E-state index contributed by atoms with van der Waals surface area (Å²) >= 11 is 0. The molecule has 1 amide bonds. The van der Waals surface area contributed by atoms with Crippen LogP contribution in [-0.2, 0) is 14.8 Å². The minimum absolute atomic E-state index is 0.266. The quantitative estimate of drug-likeness (QED) is 0.634. The topological polar surface area (TPSA) is 124 Å². The highest BCUT2D eigenvalue weighted by molar-refractivity contribution is 7.89. The first-order valence-electron chi connectivity index (χ1n) is 6.03. The van der Waals surface area contributed by atoms with Gasteiger partial charge in [-0.2, -0.15) is 4.39 Å². The lowest BCUT2D eigenvalue weighted by molar-refractivity contribution is -0.387. The summed E-state index contributed by atoms with van der Waals surface area (Å²) in [7, 11) is -3.85. The van der Waals surface area contributed by atoms with E-state index in [2.05, 4.69) is 0 Å². The number of nitro benzene ring substituents is 1. The Hall–Kier alpha value is -2.14. The van der Waals surface area contributed by atoms with Gasteiger partial charge >= 0.3 is 5.69 Å². The third-order valence-corrected chi connectivity index (χ3v) is 4.12. The molecule has 1 aliphatic heterocycles. The van der Waals surface area contributed by atoms with Gasteiger partial charge in [0.1, 0.15) is 11.5 Å². The average molecular weight is 335 g/mol. The van der Waals surface area contributed by atoms with Gasteiger partial charge in [0, 0.05) is 24.9 Å². The van der Waals surface area contributed by atoms with E-state index >= 15 is 0 Å². The third kappa shape index (κ3) is 3.20. The van der Waals surface area contributed by atoms with Crippen LogP contribution in [0.1, 0.15) is 6.42 Å². The standard InChI is InChI=1S/C11H11F2N3O5S/c12-7-1-2-8(16(18)19)10(13)11(7)15-4-6(3-9(15)17)5-22(14,20)21/h1-2,6H,3-5H2,(H2,14,20,21). The fraction of sp³-hybridized carbons (Fsp3) is 0.364. The van der Waals surface area contributed by atoms with Crippen molar-refractivity contribution in [1.82, 2.24) is 0 Å². The molecule has 22 heavy (non-hydrogen) atoms. The Morgan fingerprint density at radius 1 is 1.41 bits per heavy atom. The smallest absolute Gasteiger partial charge is 0.307 e. The zero-order valence-corrected chi connectivity index (χ0v) is 11.8. The molecular formula is C11H11F2N3O5S. The highest BCUT2D eigenvalue weighted by atomic mass is 32.2. The summed E-state index contributed by atoms with van der Waals surface area (Å²) in [6.45, 7) is -0.287. The SMILES string of the molecule is NS(=O)(=O)CC1CC(=O)N(c2c(F)ccc([N+](=O)[O-])c2F)C1. The number of carbonyl (C=O) groups is 1. The van der Waals surface area contributed by atoms with E-state index in [0.717, 1.165) is 0 Å². The molecule has 0 aromatic heterocycles. The normalized spacial score (nSPS) is 18.8. The predicted molar refractivity (Wildman–Crippen MR) is 71.4 cm³/mol. The second kappa shape index (κ2) is 5.57. The number of amides is 1. The molecule has 11 heteroatoms. The molecule has 0 spiro atoms.